The maximum atomic E-state index is 14.1. The molecule has 1 amide bonds. The first kappa shape index (κ1) is 44.4. The summed E-state index contributed by atoms with van der Waals surface area (Å²) in [4.78, 5) is 39.6. The van der Waals surface area contributed by atoms with E-state index in [4.69, 9.17) is 9.53 Å². The maximum Gasteiger partial charge on any atom is 0.418 e. The standard InChI is InChI=1S/C28H30F3N5O3.C7H7F.C2H4O.C2H6/c1-7-23(32-8-2)19-13-26(25-11-12-33-36(25)15-19)39-20-9-10-24(22(14-20)28(29,30)31)34-27(38)21(18(5)37)16-35(6)17(3)4;1-6-2-4-7(8)5-3-6;1-2-3;1-2/h7-17H,1-6H3,(H,34,38);2-5H,1H3;2H,1H3;1-2H3/b21-16+,23-7-,32-8?;;;. The van der Waals surface area contributed by atoms with E-state index in [1.54, 1.807) is 72.3 Å². The molecule has 52 heavy (non-hydrogen) atoms. The Balaban J connectivity index is 0.000000883. The van der Waals surface area contributed by atoms with E-state index in [2.05, 4.69) is 15.4 Å². The van der Waals surface area contributed by atoms with Crippen LogP contribution in [0.15, 0.2) is 89.8 Å². The van der Waals surface area contributed by atoms with Crippen LogP contribution < -0.4 is 10.1 Å². The van der Waals surface area contributed by atoms with Crippen LogP contribution >= 0.6 is 0 Å². The Morgan fingerprint density at radius 3 is 2.13 bits per heavy atom. The van der Waals surface area contributed by atoms with E-state index in [9.17, 15) is 27.2 Å². The minimum atomic E-state index is -4.82. The van der Waals surface area contributed by atoms with Crippen LogP contribution in [0.25, 0.3) is 11.2 Å². The molecule has 0 radical (unpaired) electrons. The number of carbonyl (C=O) groups excluding carboxylic acids is 3. The highest BCUT2D eigenvalue weighted by Gasteiger charge is 2.35. The van der Waals surface area contributed by atoms with Gasteiger partial charge >= 0.3 is 6.18 Å². The quantitative estimate of drug-likeness (QED) is 0.0460. The fraction of sp³-hybridized carbons (Fsp3) is 0.308. The number of fused-ring (bicyclic) bond motifs is 1. The molecule has 2 aromatic carbocycles. The number of rotatable bonds is 9. The molecule has 4 rings (SSSR count). The van der Waals surface area contributed by atoms with Gasteiger partial charge in [0.05, 0.1) is 28.7 Å². The number of ether oxygens (including phenoxy) is 1. The van der Waals surface area contributed by atoms with E-state index in [-0.39, 0.29) is 28.9 Å². The van der Waals surface area contributed by atoms with Gasteiger partial charge in [0, 0.05) is 37.3 Å². The number of carbonyl (C=O) groups is 3. The second-order valence-corrected chi connectivity index (χ2v) is 11.0. The number of hydrogen-bond acceptors (Lipinski definition) is 7. The molecule has 280 valence electrons. The van der Waals surface area contributed by atoms with Crippen molar-refractivity contribution in [1.29, 1.82) is 0 Å². The minimum absolute atomic E-state index is 0.0345. The van der Waals surface area contributed by atoms with Gasteiger partial charge in [-0.25, -0.2) is 8.91 Å². The maximum absolute atomic E-state index is 14.1. The Bertz CT molecular complexity index is 1840. The average Bonchev–Trinajstić information content (AvgIpc) is 3.58. The van der Waals surface area contributed by atoms with Crippen LogP contribution in [0.4, 0.5) is 23.2 Å². The van der Waals surface area contributed by atoms with Crippen molar-refractivity contribution in [3.8, 4) is 11.5 Å². The van der Waals surface area contributed by atoms with Gasteiger partial charge in [-0.3, -0.25) is 14.6 Å². The van der Waals surface area contributed by atoms with Gasteiger partial charge in [-0.15, -0.1) is 0 Å². The van der Waals surface area contributed by atoms with Crippen LogP contribution in [0.5, 0.6) is 11.5 Å². The molecule has 0 unspecified atom stereocenters. The van der Waals surface area contributed by atoms with Gasteiger partial charge in [-0.1, -0.05) is 37.6 Å². The molecule has 13 heteroatoms. The van der Waals surface area contributed by atoms with Gasteiger partial charge in [-0.2, -0.15) is 18.3 Å². The molecule has 0 aliphatic heterocycles. The van der Waals surface area contributed by atoms with Crippen LogP contribution in [-0.2, 0) is 20.6 Å². The van der Waals surface area contributed by atoms with Gasteiger partial charge in [0.2, 0.25) is 0 Å². The topological polar surface area (TPSA) is 105 Å². The molecule has 0 saturated carbocycles. The summed E-state index contributed by atoms with van der Waals surface area (Å²) < 4.78 is 61.7. The van der Waals surface area contributed by atoms with Crippen LogP contribution in [0.2, 0.25) is 0 Å². The Hall–Kier alpha value is -5.59. The molecular formula is C39H47F4N5O4. The fourth-order valence-corrected chi connectivity index (χ4v) is 4.12. The smallest absolute Gasteiger partial charge is 0.418 e. The van der Waals surface area contributed by atoms with Crippen LogP contribution in [0.1, 0.15) is 72.1 Å². The lowest BCUT2D eigenvalue weighted by Crippen LogP contribution is -2.26. The predicted molar refractivity (Wildman–Crippen MR) is 199 cm³/mol. The Morgan fingerprint density at radius 2 is 1.63 bits per heavy atom. The van der Waals surface area contributed by atoms with E-state index in [1.165, 1.54) is 38.2 Å². The van der Waals surface area contributed by atoms with E-state index < -0.39 is 29.1 Å². The summed E-state index contributed by atoms with van der Waals surface area (Å²) in [6, 6.07) is 12.9. The molecule has 9 nitrogen and oxygen atoms in total. The molecule has 0 aliphatic carbocycles. The summed E-state index contributed by atoms with van der Waals surface area (Å²) in [6.07, 6.45) is 3.94. The number of hydrogen-bond donors (Lipinski definition) is 1. The number of amides is 1. The highest BCUT2D eigenvalue weighted by atomic mass is 19.4. The largest absolute Gasteiger partial charge is 0.455 e. The molecule has 2 aromatic heterocycles. The first-order valence-corrected chi connectivity index (χ1v) is 16.5. The number of Topliss-reactive ketones (excluding diaryl/α,β-unsaturated/α-hetero) is 1. The lowest BCUT2D eigenvalue weighted by Gasteiger charge is -2.20. The van der Waals surface area contributed by atoms with Crippen LogP contribution in [-0.4, -0.2) is 51.8 Å². The van der Waals surface area contributed by atoms with E-state index in [1.807, 2.05) is 41.5 Å². The van der Waals surface area contributed by atoms with Crippen molar-refractivity contribution in [1.82, 2.24) is 14.5 Å². The average molecular weight is 726 g/mol. The normalized spacial score (nSPS) is 11.4. The summed E-state index contributed by atoms with van der Waals surface area (Å²) in [6.45, 7) is 15.8. The van der Waals surface area contributed by atoms with Gasteiger partial charge in [0.25, 0.3) is 5.91 Å². The predicted octanol–water partition coefficient (Wildman–Crippen LogP) is 9.71. The van der Waals surface area contributed by atoms with E-state index in [0.717, 1.165) is 24.0 Å². The number of alkyl halides is 3. The summed E-state index contributed by atoms with van der Waals surface area (Å²) >= 11 is 0. The number of aryl methyl sites for hydroxylation is 1. The van der Waals surface area contributed by atoms with Crippen LogP contribution in [0, 0.1) is 12.7 Å². The summed E-state index contributed by atoms with van der Waals surface area (Å²) in [5.41, 5.74) is 1.00. The molecule has 0 spiro atoms. The van der Waals surface area contributed by atoms with Crippen LogP contribution in [0.3, 0.4) is 0 Å². The monoisotopic (exact) mass is 725 g/mol. The van der Waals surface area contributed by atoms with Gasteiger partial charge in [0.15, 0.2) is 11.5 Å². The number of halogens is 4. The van der Waals surface area contributed by atoms with Crippen molar-refractivity contribution in [2.45, 2.75) is 74.5 Å². The Kier molecular flexibility index (Phi) is 18.4. The van der Waals surface area contributed by atoms with Crippen molar-refractivity contribution >= 4 is 41.1 Å². The molecule has 0 bridgehead atoms. The number of aliphatic imine (C=N–C) groups is 1. The molecule has 0 saturated heterocycles. The molecule has 0 aliphatic rings. The third kappa shape index (κ3) is 13.6. The molecule has 2 heterocycles. The van der Waals surface area contributed by atoms with E-state index >= 15 is 0 Å². The third-order valence-electron chi connectivity index (χ3n) is 6.86. The molecule has 0 atom stereocenters. The van der Waals surface area contributed by atoms with Crippen molar-refractivity contribution in [3.05, 3.63) is 107 Å². The summed E-state index contributed by atoms with van der Waals surface area (Å²) in [7, 11) is 1.66. The number of nitrogens with zero attached hydrogens (tertiary/aromatic N) is 4. The van der Waals surface area contributed by atoms with Crippen molar-refractivity contribution in [2.75, 3.05) is 12.4 Å². The molecular weight excluding hydrogens is 678 g/mol. The van der Waals surface area contributed by atoms with Gasteiger partial charge < -0.3 is 19.7 Å². The second-order valence-electron chi connectivity index (χ2n) is 11.0. The second kappa shape index (κ2) is 21.6. The summed E-state index contributed by atoms with van der Waals surface area (Å²) in [5, 5.41) is 6.46. The van der Waals surface area contributed by atoms with Gasteiger partial charge in [-0.05, 0) is 90.9 Å². The minimum Gasteiger partial charge on any atom is -0.455 e. The van der Waals surface area contributed by atoms with E-state index in [0.29, 0.717) is 16.8 Å². The van der Waals surface area contributed by atoms with Crippen molar-refractivity contribution < 1.29 is 36.7 Å². The highest BCUT2D eigenvalue weighted by Crippen LogP contribution is 2.39. The lowest BCUT2D eigenvalue weighted by molar-refractivity contribution is -0.137. The number of anilines is 1. The Morgan fingerprint density at radius 1 is 1.02 bits per heavy atom. The number of aldehydes is 1. The SMILES string of the molecule is CC.CC=N/C(=C\C)c1cc(Oc2ccc(NC(=O)/C(=C/N(C)C(C)C)C(C)=O)c(C(F)(F)F)c2)c2ccnn2c1.CC=O.Cc1ccc(F)cc1. The zero-order valence-corrected chi connectivity index (χ0v) is 31.2. The number of nitrogens with one attached hydrogen (secondary N) is 1. The van der Waals surface area contributed by atoms with Gasteiger partial charge in [0.1, 0.15) is 23.4 Å². The zero-order valence-electron chi connectivity index (χ0n) is 31.2. The van der Waals surface area contributed by atoms with Crippen molar-refractivity contribution in [3.63, 3.8) is 0 Å². The highest BCUT2D eigenvalue weighted by molar-refractivity contribution is 6.22. The number of benzene rings is 2. The number of pyridine rings is 1. The lowest BCUT2D eigenvalue weighted by atomic mass is 10.1. The summed E-state index contributed by atoms with van der Waals surface area (Å²) in [5.74, 6) is -1.54. The Labute approximate surface area is 302 Å². The molecule has 0 fully saturated rings. The zero-order chi connectivity index (χ0) is 39.6. The first-order chi connectivity index (χ1) is 24.6. The molecule has 4 aromatic rings. The fourth-order valence-electron chi connectivity index (χ4n) is 4.12. The third-order valence-corrected chi connectivity index (χ3v) is 6.86. The number of allylic oxidation sites excluding steroid dienone is 1. The number of aromatic nitrogens is 2. The number of ketones is 1. The van der Waals surface area contributed by atoms with Crippen molar-refractivity contribution in [2.24, 2.45) is 4.99 Å². The first-order valence-electron chi connectivity index (χ1n) is 16.5. The molecule has 1 N–H and O–H groups in total.